The Kier molecular flexibility index (Phi) is 1.52. The van der Waals surface area contributed by atoms with Gasteiger partial charge in [0.25, 0.3) is 0 Å². The Labute approximate surface area is 98.6 Å². The van der Waals surface area contributed by atoms with Gasteiger partial charge in [-0.15, -0.1) is 0 Å². The molecule has 2 nitrogen and oxygen atoms in total. The van der Waals surface area contributed by atoms with Crippen molar-refractivity contribution in [2.75, 3.05) is 0 Å². The van der Waals surface area contributed by atoms with Gasteiger partial charge in [-0.05, 0) is 6.42 Å². The highest BCUT2D eigenvalue weighted by molar-refractivity contribution is 6.28. The second-order valence-electron chi connectivity index (χ2n) is 4.86. The lowest BCUT2D eigenvalue weighted by molar-refractivity contribution is 0.0969. The molecule has 0 spiro atoms. The third-order valence-electron chi connectivity index (χ3n) is 4.02. The number of fused-ring (bicyclic) bond motifs is 5. The number of ketones is 2. The molecule has 4 rings (SSSR count). The first-order valence-corrected chi connectivity index (χ1v) is 5.88. The third kappa shape index (κ3) is 0.960. The third-order valence-corrected chi connectivity index (χ3v) is 4.02. The van der Waals surface area contributed by atoms with E-state index < -0.39 is 0 Å². The van der Waals surface area contributed by atoms with Crippen LogP contribution in [0.1, 0.15) is 27.1 Å². The maximum absolute atomic E-state index is 12.4. The van der Waals surface area contributed by atoms with E-state index in [1.165, 1.54) is 0 Å². The molecule has 0 aromatic heterocycles. The van der Waals surface area contributed by atoms with Crippen LogP contribution < -0.4 is 0 Å². The molecule has 0 N–H and O–H groups in total. The summed E-state index contributed by atoms with van der Waals surface area (Å²) in [4.78, 5) is 24.8. The van der Waals surface area contributed by atoms with Crippen LogP contribution in [-0.4, -0.2) is 11.6 Å². The summed E-state index contributed by atoms with van der Waals surface area (Å²) < 4.78 is 0. The molecule has 0 saturated heterocycles. The highest BCUT2D eigenvalue weighted by Gasteiger charge is 2.45. The van der Waals surface area contributed by atoms with Crippen molar-refractivity contribution >= 4 is 11.6 Å². The maximum Gasteiger partial charge on any atom is 0.190 e. The maximum atomic E-state index is 12.4. The Morgan fingerprint density at radius 3 is 1.76 bits per heavy atom. The first kappa shape index (κ1) is 9.11. The Hall–Kier alpha value is -1.96. The fraction of sp³-hybridized carbons (Fsp3) is 0.200. The van der Waals surface area contributed by atoms with Crippen LogP contribution in [0.2, 0.25) is 0 Å². The van der Waals surface area contributed by atoms with Crippen molar-refractivity contribution in [1.29, 1.82) is 0 Å². The summed E-state index contributed by atoms with van der Waals surface area (Å²) >= 11 is 0. The second kappa shape index (κ2) is 2.83. The molecule has 0 aliphatic heterocycles. The average Bonchev–Trinajstić information content (AvgIpc) is 2.96. The van der Waals surface area contributed by atoms with Crippen LogP contribution in [-0.2, 0) is 0 Å². The first-order chi connectivity index (χ1) is 8.27. The lowest BCUT2D eigenvalue weighted by Gasteiger charge is -2.21. The van der Waals surface area contributed by atoms with Crippen LogP contribution in [0.5, 0.6) is 0 Å². The van der Waals surface area contributed by atoms with E-state index in [1.54, 1.807) is 12.1 Å². The van der Waals surface area contributed by atoms with Crippen molar-refractivity contribution in [3.8, 4) is 0 Å². The predicted molar refractivity (Wildman–Crippen MR) is 62.9 cm³/mol. The molecule has 17 heavy (non-hydrogen) atoms. The van der Waals surface area contributed by atoms with Gasteiger partial charge in [-0.25, -0.2) is 0 Å². The van der Waals surface area contributed by atoms with Gasteiger partial charge in [0.05, 0.1) is 0 Å². The summed E-state index contributed by atoms with van der Waals surface area (Å²) in [6.45, 7) is 0. The average molecular weight is 222 g/mol. The number of hydrogen-bond acceptors (Lipinski definition) is 2. The molecule has 0 fully saturated rings. The predicted octanol–water partition coefficient (Wildman–Crippen LogP) is 2.57. The molecule has 1 aromatic rings. The van der Waals surface area contributed by atoms with E-state index in [0.717, 1.165) is 17.6 Å². The van der Waals surface area contributed by atoms with Gasteiger partial charge < -0.3 is 0 Å². The summed E-state index contributed by atoms with van der Waals surface area (Å²) in [5.41, 5.74) is 2.69. The van der Waals surface area contributed by atoms with Crippen LogP contribution in [0.25, 0.3) is 0 Å². The number of carbonyl (C=O) groups is 2. The molecule has 82 valence electrons. The van der Waals surface area contributed by atoms with E-state index in [2.05, 4.69) is 12.2 Å². The summed E-state index contributed by atoms with van der Waals surface area (Å²) in [6, 6.07) is 7.15. The molecule has 2 unspecified atom stereocenters. The zero-order valence-corrected chi connectivity index (χ0v) is 9.14. The Balaban J connectivity index is 2.00. The Bertz CT molecular complexity index is 581. The lowest BCUT2D eigenvalue weighted by Crippen LogP contribution is -2.24. The molecule has 0 amide bonds. The molecule has 2 bridgehead atoms. The molecule has 0 radical (unpaired) electrons. The topological polar surface area (TPSA) is 34.1 Å². The largest absolute Gasteiger partial charge is 0.289 e. The van der Waals surface area contributed by atoms with Crippen molar-refractivity contribution in [3.05, 3.63) is 58.7 Å². The molecule has 2 atom stereocenters. The smallest absolute Gasteiger partial charge is 0.190 e. The SMILES string of the molecule is O=C1C2=C(C(=O)c3ccccc31)C1C=CC2C1. The van der Waals surface area contributed by atoms with E-state index in [1.807, 2.05) is 12.1 Å². The minimum absolute atomic E-state index is 0.0621. The van der Waals surface area contributed by atoms with Gasteiger partial charge in [0.1, 0.15) is 0 Å². The van der Waals surface area contributed by atoms with Gasteiger partial charge in [0.2, 0.25) is 0 Å². The molecule has 1 aromatic carbocycles. The molecule has 3 aliphatic carbocycles. The van der Waals surface area contributed by atoms with Gasteiger partial charge in [-0.2, -0.15) is 0 Å². The fourth-order valence-corrected chi connectivity index (χ4v) is 3.28. The molecule has 0 heterocycles. The Morgan fingerprint density at radius 2 is 1.29 bits per heavy atom. The summed E-state index contributed by atoms with van der Waals surface area (Å²) in [6.07, 6.45) is 5.06. The van der Waals surface area contributed by atoms with Gasteiger partial charge in [-0.1, -0.05) is 36.4 Å². The Morgan fingerprint density at radius 1 is 0.824 bits per heavy atom. The summed E-state index contributed by atoms with van der Waals surface area (Å²) in [7, 11) is 0. The van der Waals surface area contributed by atoms with E-state index in [-0.39, 0.29) is 23.4 Å². The zero-order chi connectivity index (χ0) is 11.6. The van der Waals surface area contributed by atoms with Gasteiger partial charge >= 0.3 is 0 Å². The highest BCUT2D eigenvalue weighted by atomic mass is 16.1. The zero-order valence-electron chi connectivity index (χ0n) is 9.14. The van der Waals surface area contributed by atoms with Crippen molar-refractivity contribution in [3.63, 3.8) is 0 Å². The van der Waals surface area contributed by atoms with Crippen molar-refractivity contribution in [2.45, 2.75) is 6.42 Å². The monoisotopic (exact) mass is 222 g/mol. The molecule has 3 aliphatic rings. The molecule has 0 saturated carbocycles. The normalized spacial score (nSPS) is 28.7. The van der Waals surface area contributed by atoms with Crippen LogP contribution in [0.4, 0.5) is 0 Å². The quantitative estimate of drug-likeness (QED) is 0.632. The summed E-state index contributed by atoms with van der Waals surface area (Å²) in [5.74, 6) is 0.485. The van der Waals surface area contributed by atoms with E-state index in [4.69, 9.17) is 0 Å². The molecule has 2 heteroatoms. The van der Waals surface area contributed by atoms with Crippen LogP contribution >= 0.6 is 0 Å². The van der Waals surface area contributed by atoms with Crippen LogP contribution in [0.3, 0.4) is 0 Å². The fourth-order valence-electron chi connectivity index (χ4n) is 3.28. The van der Waals surface area contributed by atoms with E-state index in [0.29, 0.717) is 11.1 Å². The number of carbonyl (C=O) groups excluding carboxylic acids is 2. The van der Waals surface area contributed by atoms with Gasteiger partial charge in [-0.3, -0.25) is 9.59 Å². The van der Waals surface area contributed by atoms with E-state index in [9.17, 15) is 9.59 Å². The number of rotatable bonds is 0. The van der Waals surface area contributed by atoms with Gasteiger partial charge in [0, 0.05) is 34.1 Å². The number of Topliss-reactive ketones (excluding diaryl/α,β-unsaturated/α-hetero) is 2. The summed E-state index contributed by atoms with van der Waals surface area (Å²) in [5, 5.41) is 0. The minimum atomic E-state index is 0.0621. The number of allylic oxidation sites excluding steroid dienone is 4. The second-order valence-corrected chi connectivity index (χ2v) is 4.86. The molecular formula is C15H10O2. The first-order valence-electron chi connectivity index (χ1n) is 5.88. The minimum Gasteiger partial charge on any atom is -0.289 e. The highest BCUT2D eigenvalue weighted by Crippen LogP contribution is 2.48. The number of benzene rings is 1. The van der Waals surface area contributed by atoms with Crippen LogP contribution in [0.15, 0.2) is 47.6 Å². The van der Waals surface area contributed by atoms with Crippen molar-refractivity contribution in [1.82, 2.24) is 0 Å². The van der Waals surface area contributed by atoms with Crippen LogP contribution in [0, 0.1) is 11.8 Å². The van der Waals surface area contributed by atoms with Crippen molar-refractivity contribution in [2.24, 2.45) is 11.8 Å². The standard InChI is InChI=1S/C15H10O2/c16-14-10-3-1-2-4-11(10)15(17)13-9-6-5-8(7-9)12(13)14/h1-6,8-9H,7H2. The van der Waals surface area contributed by atoms with E-state index >= 15 is 0 Å². The lowest BCUT2D eigenvalue weighted by atomic mass is 9.80. The molecular weight excluding hydrogens is 212 g/mol. The van der Waals surface area contributed by atoms with Crippen molar-refractivity contribution < 1.29 is 9.59 Å². The van der Waals surface area contributed by atoms with Gasteiger partial charge in [0.15, 0.2) is 11.6 Å². The number of hydrogen-bond donors (Lipinski definition) is 0.